The lowest BCUT2D eigenvalue weighted by Gasteiger charge is -2.32. The number of likely N-dealkylation sites (N-methyl/N-ethyl adjacent to an activating group) is 1. The van der Waals surface area contributed by atoms with Crippen molar-refractivity contribution in [3.8, 4) is 0 Å². The number of amides is 1. The van der Waals surface area contributed by atoms with Gasteiger partial charge in [-0.3, -0.25) is 15.3 Å². The van der Waals surface area contributed by atoms with E-state index >= 15 is 0 Å². The molecular weight excluding hydrogens is 244 g/mol. The predicted molar refractivity (Wildman–Crippen MR) is 73.6 cm³/mol. The molecule has 0 unspecified atom stereocenters. The highest BCUT2D eigenvalue weighted by atomic mass is 16.2. The maximum absolute atomic E-state index is 12.1. The van der Waals surface area contributed by atoms with E-state index in [0.717, 1.165) is 31.9 Å². The number of aromatic amines is 1. The molecule has 106 valence electrons. The minimum absolute atomic E-state index is 0.220. The average molecular weight is 266 g/mol. The second kappa shape index (κ2) is 5.58. The number of nitrogens with zero attached hydrogens (tertiary/aromatic N) is 3. The third kappa shape index (κ3) is 3.05. The van der Waals surface area contributed by atoms with Gasteiger partial charge in [-0.05, 0) is 13.0 Å². The molecule has 0 radical (unpaired) electrons. The Kier molecular flexibility index (Phi) is 4.06. The SMILES string of the molecule is CC(C)c1[nH]nc(C(=O)NN2CCN(C)CC2)c1N. The van der Waals surface area contributed by atoms with Crippen LogP contribution in [-0.4, -0.2) is 59.2 Å². The number of H-pyrrole nitrogens is 1. The van der Waals surface area contributed by atoms with Crippen molar-refractivity contribution < 1.29 is 4.79 Å². The molecule has 1 aliphatic rings. The predicted octanol–water partition coefficient (Wildman–Crippen LogP) is 0.00750. The smallest absolute Gasteiger partial charge is 0.288 e. The standard InChI is InChI=1S/C12H22N6O/c1-8(2)10-9(13)11(15-14-10)12(19)16-18-6-4-17(3)5-7-18/h8H,4-7,13H2,1-3H3,(H,14,15)(H,16,19). The van der Waals surface area contributed by atoms with Gasteiger partial charge in [-0.2, -0.15) is 5.10 Å². The van der Waals surface area contributed by atoms with Gasteiger partial charge in [-0.15, -0.1) is 0 Å². The fraction of sp³-hybridized carbons (Fsp3) is 0.667. The fourth-order valence-electron chi connectivity index (χ4n) is 2.09. The van der Waals surface area contributed by atoms with E-state index in [9.17, 15) is 4.79 Å². The van der Waals surface area contributed by atoms with Crippen molar-refractivity contribution in [2.45, 2.75) is 19.8 Å². The molecule has 4 N–H and O–H groups in total. The normalized spacial score (nSPS) is 17.9. The van der Waals surface area contributed by atoms with Gasteiger partial charge in [0.15, 0.2) is 5.69 Å². The maximum Gasteiger partial charge on any atom is 0.288 e. The third-order valence-electron chi connectivity index (χ3n) is 3.39. The van der Waals surface area contributed by atoms with Gasteiger partial charge >= 0.3 is 0 Å². The highest BCUT2D eigenvalue weighted by Crippen LogP contribution is 2.21. The highest BCUT2D eigenvalue weighted by Gasteiger charge is 2.22. The van der Waals surface area contributed by atoms with Crippen molar-refractivity contribution >= 4 is 11.6 Å². The summed E-state index contributed by atoms with van der Waals surface area (Å²) in [5.74, 6) is -0.0251. The Labute approximate surface area is 113 Å². The molecule has 2 heterocycles. The lowest BCUT2D eigenvalue weighted by molar-refractivity contribution is 0.0658. The Hall–Kier alpha value is -1.60. The molecule has 7 heteroatoms. The Morgan fingerprint density at radius 3 is 2.53 bits per heavy atom. The Bertz CT molecular complexity index is 447. The molecule has 0 aliphatic carbocycles. The van der Waals surface area contributed by atoms with Gasteiger partial charge in [0.25, 0.3) is 5.91 Å². The maximum atomic E-state index is 12.1. The number of carbonyl (C=O) groups excluding carboxylic acids is 1. The van der Waals surface area contributed by atoms with Crippen LogP contribution < -0.4 is 11.2 Å². The molecule has 19 heavy (non-hydrogen) atoms. The van der Waals surface area contributed by atoms with Gasteiger partial charge < -0.3 is 10.6 Å². The number of nitrogen functional groups attached to an aromatic ring is 1. The van der Waals surface area contributed by atoms with Crippen LogP contribution in [0.2, 0.25) is 0 Å². The van der Waals surface area contributed by atoms with Crippen LogP contribution >= 0.6 is 0 Å². The molecule has 1 aromatic heterocycles. The quantitative estimate of drug-likeness (QED) is 0.717. The number of hydrogen-bond donors (Lipinski definition) is 3. The molecule has 1 aliphatic heterocycles. The van der Waals surface area contributed by atoms with E-state index in [1.54, 1.807) is 0 Å². The Morgan fingerprint density at radius 2 is 2.00 bits per heavy atom. The summed E-state index contributed by atoms with van der Waals surface area (Å²) < 4.78 is 0. The summed E-state index contributed by atoms with van der Waals surface area (Å²) in [6.45, 7) is 7.51. The number of rotatable bonds is 3. The molecule has 2 rings (SSSR count). The zero-order valence-electron chi connectivity index (χ0n) is 11.7. The number of anilines is 1. The van der Waals surface area contributed by atoms with E-state index in [0.29, 0.717) is 5.69 Å². The molecule has 0 saturated carbocycles. The zero-order chi connectivity index (χ0) is 14.0. The fourth-order valence-corrected chi connectivity index (χ4v) is 2.09. The summed E-state index contributed by atoms with van der Waals surface area (Å²) in [6.07, 6.45) is 0. The molecule has 1 aromatic rings. The number of nitrogens with two attached hydrogens (primary N) is 1. The first kappa shape index (κ1) is 13.8. The summed E-state index contributed by atoms with van der Waals surface area (Å²) in [5.41, 5.74) is 10.3. The molecule has 0 aromatic carbocycles. The topological polar surface area (TPSA) is 90.3 Å². The number of hydrazine groups is 1. The molecule has 1 saturated heterocycles. The van der Waals surface area contributed by atoms with Crippen molar-refractivity contribution in [2.75, 3.05) is 39.0 Å². The van der Waals surface area contributed by atoms with Gasteiger partial charge in [-0.1, -0.05) is 13.8 Å². The molecule has 7 nitrogen and oxygen atoms in total. The summed E-state index contributed by atoms with van der Waals surface area (Å²) in [5, 5.41) is 8.76. The lowest BCUT2D eigenvalue weighted by Crippen LogP contribution is -2.52. The van der Waals surface area contributed by atoms with Gasteiger partial charge in [0.05, 0.1) is 11.4 Å². The van der Waals surface area contributed by atoms with Crippen LogP contribution in [0, 0.1) is 0 Å². The second-order valence-electron chi connectivity index (χ2n) is 5.29. The van der Waals surface area contributed by atoms with Gasteiger partial charge in [0.1, 0.15) is 0 Å². The molecule has 0 spiro atoms. The van der Waals surface area contributed by atoms with Crippen LogP contribution in [0.25, 0.3) is 0 Å². The van der Waals surface area contributed by atoms with Crippen LogP contribution in [0.3, 0.4) is 0 Å². The molecule has 1 amide bonds. The van der Waals surface area contributed by atoms with Crippen LogP contribution in [0.4, 0.5) is 5.69 Å². The number of hydrogen-bond acceptors (Lipinski definition) is 5. The molecular formula is C12H22N6O. The van der Waals surface area contributed by atoms with Crippen molar-refractivity contribution in [3.05, 3.63) is 11.4 Å². The van der Waals surface area contributed by atoms with Crippen LogP contribution in [0.1, 0.15) is 35.9 Å². The van der Waals surface area contributed by atoms with Crippen LogP contribution in [0.15, 0.2) is 0 Å². The first-order chi connectivity index (χ1) is 8.99. The summed E-state index contributed by atoms with van der Waals surface area (Å²) >= 11 is 0. The Balaban J connectivity index is 2.00. The van der Waals surface area contributed by atoms with Crippen molar-refractivity contribution in [2.24, 2.45) is 0 Å². The second-order valence-corrected chi connectivity index (χ2v) is 5.29. The number of aromatic nitrogens is 2. The molecule has 0 atom stereocenters. The summed E-state index contributed by atoms with van der Waals surface area (Å²) in [7, 11) is 2.07. The minimum Gasteiger partial charge on any atom is -0.395 e. The van der Waals surface area contributed by atoms with E-state index in [1.807, 2.05) is 18.9 Å². The number of nitrogens with one attached hydrogen (secondary N) is 2. The van der Waals surface area contributed by atoms with E-state index in [4.69, 9.17) is 5.73 Å². The van der Waals surface area contributed by atoms with Crippen molar-refractivity contribution in [3.63, 3.8) is 0 Å². The molecule has 1 fully saturated rings. The number of piperazine rings is 1. The average Bonchev–Trinajstić information content (AvgIpc) is 2.74. The first-order valence-electron chi connectivity index (χ1n) is 6.57. The number of carbonyl (C=O) groups is 1. The molecule has 0 bridgehead atoms. The minimum atomic E-state index is -0.245. The van der Waals surface area contributed by atoms with Crippen molar-refractivity contribution in [1.82, 2.24) is 25.5 Å². The van der Waals surface area contributed by atoms with E-state index in [2.05, 4.69) is 27.6 Å². The largest absolute Gasteiger partial charge is 0.395 e. The van der Waals surface area contributed by atoms with E-state index < -0.39 is 0 Å². The van der Waals surface area contributed by atoms with Crippen LogP contribution in [-0.2, 0) is 0 Å². The van der Waals surface area contributed by atoms with Crippen molar-refractivity contribution in [1.29, 1.82) is 0 Å². The lowest BCUT2D eigenvalue weighted by atomic mass is 10.1. The highest BCUT2D eigenvalue weighted by molar-refractivity contribution is 5.97. The monoisotopic (exact) mass is 266 g/mol. The zero-order valence-corrected chi connectivity index (χ0v) is 11.7. The van der Waals surface area contributed by atoms with E-state index in [-0.39, 0.29) is 17.5 Å². The van der Waals surface area contributed by atoms with E-state index in [1.165, 1.54) is 0 Å². The summed E-state index contributed by atoms with van der Waals surface area (Å²) in [4.78, 5) is 14.3. The third-order valence-corrected chi connectivity index (χ3v) is 3.39. The summed E-state index contributed by atoms with van der Waals surface area (Å²) in [6, 6.07) is 0. The van der Waals surface area contributed by atoms with Gasteiger partial charge in [0.2, 0.25) is 0 Å². The first-order valence-corrected chi connectivity index (χ1v) is 6.57. The van der Waals surface area contributed by atoms with Gasteiger partial charge in [-0.25, -0.2) is 5.01 Å². The van der Waals surface area contributed by atoms with Crippen LogP contribution in [0.5, 0.6) is 0 Å². The van der Waals surface area contributed by atoms with Gasteiger partial charge in [0, 0.05) is 26.2 Å². The Morgan fingerprint density at radius 1 is 1.37 bits per heavy atom.